The number of anilines is 1. The van der Waals surface area contributed by atoms with Crippen LogP contribution in [0.2, 0.25) is 0 Å². The fraction of sp³-hybridized carbons (Fsp3) is 0.588. The highest BCUT2D eigenvalue weighted by atomic mass is 35.5. The first-order valence-electron chi connectivity index (χ1n) is 7.63. The molecule has 3 nitrogen and oxygen atoms in total. The molecule has 0 atom stereocenters. The minimum Gasteiger partial charge on any atom is -0.384 e. The molecule has 1 aliphatic heterocycles. The number of nitrogens with one attached hydrogen (secondary N) is 1. The van der Waals surface area contributed by atoms with Gasteiger partial charge in [-0.05, 0) is 42.0 Å². The van der Waals surface area contributed by atoms with Gasteiger partial charge in [-0.3, -0.25) is 4.79 Å². The van der Waals surface area contributed by atoms with E-state index in [4.69, 9.17) is 0 Å². The molecule has 0 radical (unpaired) electrons. The lowest BCUT2D eigenvalue weighted by atomic mass is 10.1. The molecule has 1 N–H and O–H groups in total. The van der Waals surface area contributed by atoms with Crippen LogP contribution in [0.25, 0.3) is 0 Å². The number of nitrogens with zero attached hydrogens (tertiary/aromatic N) is 1. The Morgan fingerprint density at radius 3 is 2.38 bits per heavy atom. The minimum atomic E-state index is 0. The second-order valence-corrected chi connectivity index (χ2v) is 6.55. The van der Waals surface area contributed by atoms with Crippen molar-refractivity contribution in [3.8, 4) is 0 Å². The van der Waals surface area contributed by atoms with Crippen LogP contribution in [0.1, 0.15) is 43.6 Å². The Hall–Kier alpha value is -1.22. The lowest BCUT2D eigenvalue weighted by Gasteiger charge is -2.26. The van der Waals surface area contributed by atoms with E-state index in [1.807, 2.05) is 17.0 Å². The normalized spacial score (nSPS) is 12.9. The van der Waals surface area contributed by atoms with Gasteiger partial charge < -0.3 is 10.2 Å². The highest BCUT2D eigenvalue weighted by molar-refractivity contribution is 5.95. The number of fused-ring (bicyclic) bond motifs is 1. The zero-order chi connectivity index (χ0) is 14.7. The highest BCUT2D eigenvalue weighted by Crippen LogP contribution is 2.24. The van der Waals surface area contributed by atoms with Crippen LogP contribution in [0.4, 0.5) is 5.69 Å². The van der Waals surface area contributed by atoms with Crippen molar-refractivity contribution in [3.63, 3.8) is 0 Å². The summed E-state index contributed by atoms with van der Waals surface area (Å²) < 4.78 is 0. The van der Waals surface area contributed by atoms with Crippen LogP contribution < -0.4 is 5.32 Å². The number of carbonyl (C=O) groups excluding carboxylic acids is 1. The maximum atomic E-state index is 12.7. The van der Waals surface area contributed by atoms with Gasteiger partial charge in [-0.25, -0.2) is 0 Å². The van der Waals surface area contributed by atoms with E-state index in [-0.39, 0.29) is 18.3 Å². The second kappa shape index (κ2) is 7.69. The molecule has 21 heavy (non-hydrogen) atoms. The number of carbonyl (C=O) groups is 1. The summed E-state index contributed by atoms with van der Waals surface area (Å²) in [4.78, 5) is 14.7. The van der Waals surface area contributed by atoms with Crippen LogP contribution >= 0.6 is 12.4 Å². The van der Waals surface area contributed by atoms with E-state index >= 15 is 0 Å². The Kier molecular flexibility index (Phi) is 6.53. The average Bonchev–Trinajstić information content (AvgIpc) is 2.83. The first-order chi connectivity index (χ1) is 9.47. The fourth-order valence-corrected chi connectivity index (χ4v) is 2.74. The van der Waals surface area contributed by atoms with Crippen LogP contribution in [0, 0.1) is 11.8 Å². The van der Waals surface area contributed by atoms with Crippen molar-refractivity contribution in [2.24, 2.45) is 11.8 Å². The van der Waals surface area contributed by atoms with Gasteiger partial charge in [0.1, 0.15) is 0 Å². The summed E-state index contributed by atoms with van der Waals surface area (Å²) in [5.74, 6) is 1.16. The largest absolute Gasteiger partial charge is 0.384 e. The maximum Gasteiger partial charge on any atom is 0.253 e. The Balaban J connectivity index is 0.00000220. The molecule has 0 aliphatic carbocycles. The minimum absolute atomic E-state index is 0. The number of benzene rings is 1. The van der Waals surface area contributed by atoms with Gasteiger partial charge in [0.05, 0.1) is 0 Å². The molecule has 0 fully saturated rings. The molecule has 0 saturated heterocycles. The lowest BCUT2D eigenvalue weighted by Crippen LogP contribution is -2.37. The molecule has 0 aromatic heterocycles. The van der Waals surface area contributed by atoms with Crippen LogP contribution in [0.5, 0.6) is 0 Å². The molecule has 0 unspecified atom stereocenters. The Morgan fingerprint density at radius 2 is 1.81 bits per heavy atom. The quantitative estimate of drug-likeness (QED) is 0.896. The van der Waals surface area contributed by atoms with E-state index in [2.05, 4.69) is 39.1 Å². The van der Waals surface area contributed by atoms with Gasteiger partial charge in [-0.1, -0.05) is 27.7 Å². The molecule has 0 bridgehead atoms. The molecule has 0 saturated carbocycles. The van der Waals surface area contributed by atoms with Crippen molar-refractivity contribution >= 4 is 24.0 Å². The van der Waals surface area contributed by atoms with Crippen molar-refractivity contribution in [2.75, 3.05) is 25.0 Å². The van der Waals surface area contributed by atoms with Gasteiger partial charge in [0, 0.05) is 30.9 Å². The van der Waals surface area contributed by atoms with E-state index in [0.29, 0.717) is 11.8 Å². The molecule has 4 heteroatoms. The molecule has 118 valence electrons. The molecule has 2 rings (SSSR count). The number of halogens is 1. The Morgan fingerprint density at radius 1 is 1.19 bits per heavy atom. The van der Waals surface area contributed by atoms with Crippen molar-refractivity contribution in [3.05, 3.63) is 29.3 Å². The summed E-state index contributed by atoms with van der Waals surface area (Å²) in [6.07, 6.45) is 1.02. The summed E-state index contributed by atoms with van der Waals surface area (Å²) >= 11 is 0. The van der Waals surface area contributed by atoms with E-state index in [1.54, 1.807) is 0 Å². The standard InChI is InChI=1S/C17H26N2O.ClH/c1-12(2)10-19(11-13(3)4)17(20)15-5-6-16-14(9-15)7-8-18-16;/h5-6,9,12-13,18H,7-8,10-11H2,1-4H3;1H. The van der Waals surface area contributed by atoms with Gasteiger partial charge >= 0.3 is 0 Å². The van der Waals surface area contributed by atoms with E-state index in [0.717, 1.165) is 31.6 Å². The van der Waals surface area contributed by atoms with E-state index < -0.39 is 0 Å². The smallest absolute Gasteiger partial charge is 0.253 e. The van der Waals surface area contributed by atoms with Gasteiger partial charge in [0.25, 0.3) is 5.91 Å². The van der Waals surface area contributed by atoms with Gasteiger partial charge in [-0.15, -0.1) is 12.4 Å². The molecule has 1 amide bonds. The van der Waals surface area contributed by atoms with E-state index in [9.17, 15) is 4.79 Å². The fourth-order valence-electron chi connectivity index (χ4n) is 2.74. The number of rotatable bonds is 5. The SMILES string of the molecule is CC(C)CN(CC(C)C)C(=O)c1ccc2c(c1)CCN2.Cl. The first kappa shape index (κ1) is 17.8. The second-order valence-electron chi connectivity index (χ2n) is 6.55. The van der Waals surface area contributed by atoms with Crippen LogP contribution in [-0.4, -0.2) is 30.4 Å². The zero-order valence-corrected chi connectivity index (χ0v) is 14.3. The van der Waals surface area contributed by atoms with Crippen molar-refractivity contribution in [2.45, 2.75) is 34.1 Å². The maximum absolute atomic E-state index is 12.7. The van der Waals surface area contributed by atoms with Crippen molar-refractivity contribution in [1.82, 2.24) is 4.90 Å². The van der Waals surface area contributed by atoms with Crippen molar-refractivity contribution in [1.29, 1.82) is 0 Å². The summed E-state index contributed by atoms with van der Waals surface area (Å²) in [5, 5.41) is 3.33. The van der Waals surface area contributed by atoms with Gasteiger partial charge in [0.15, 0.2) is 0 Å². The summed E-state index contributed by atoms with van der Waals surface area (Å²) in [6, 6.07) is 6.05. The van der Waals surface area contributed by atoms with Crippen LogP contribution in [0.15, 0.2) is 18.2 Å². The van der Waals surface area contributed by atoms with Gasteiger partial charge in [0.2, 0.25) is 0 Å². The third-order valence-corrected chi connectivity index (χ3v) is 3.52. The number of amides is 1. The van der Waals surface area contributed by atoms with Crippen LogP contribution in [0.3, 0.4) is 0 Å². The molecular weight excluding hydrogens is 284 g/mol. The molecular formula is C17H27ClN2O. The third kappa shape index (κ3) is 4.63. The predicted octanol–water partition coefficient (Wildman–Crippen LogP) is 3.83. The topological polar surface area (TPSA) is 32.3 Å². The average molecular weight is 311 g/mol. The summed E-state index contributed by atoms with van der Waals surface area (Å²) in [7, 11) is 0. The summed E-state index contributed by atoms with van der Waals surface area (Å²) in [5.41, 5.74) is 3.28. The van der Waals surface area contributed by atoms with Crippen molar-refractivity contribution < 1.29 is 4.79 Å². The lowest BCUT2D eigenvalue weighted by molar-refractivity contribution is 0.0715. The van der Waals surface area contributed by atoms with Gasteiger partial charge in [-0.2, -0.15) is 0 Å². The van der Waals surface area contributed by atoms with E-state index in [1.165, 1.54) is 11.3 Å². The monoisotopic (exact) mass is 310 g/mol. The molecule has 1 aromatic carbocycles. The highest BCUT2D eigenvalue weighted by Gasteiger charge is 2.20. The number of hydrogen-bond donors (Lipinski definition) is 1. The zero-order valence-electron chi connectivity index (χ0n) is 13.5. The first-order valence-corrected chi connectivity index (χ1v) is 7.63. The Bertz CT molecular complexity index is 476. The third-order valence-electron chi connectivity index (χ3n) is 3.52. The molecule has 1 aromatic rings. The van der Waals surface area contributed by atoms with Crippen LogP contribution in [-0.2, 0) is 6.42 Å². The molecule has 0 spiro atoms. The Labute approximate surface area is 134 Å². The summed E-state index contributed by atoms with van der Waals surface area (Å²) in [6.45, 7) is 11.3. The molecule has 1 aliphatic rings. The number of hydrogen-bond acceptors (Lipinski definition) is 2. The molecule has 1 heterocycles. The predicted molar refractivity (Wildman–Crippen MR) is 91.5 cm³/mol.